The van der Waals surface area contributed by atoms with Gasteiger partial charge in [-0.2, -0.15) is 0 Å². The van der Waals surface area contributed by atoms with Gasteiger partial charge in [0.1, 0.15) is 0 Å². The average Bonchev–Trinajstić information content (AvgIpc) is 3.09. The third-order valence-electron chi connectivity index (χ3n) is 9.35. The number of hydrogen-bond donors (Lipinski definition) is 4. The maximum atomic E-state index is 12.3. The highest BCUT2D eigenvalue weighted by Gasteiger charge is 2.19. The SMILES string of the molecule is CCCCCCCC/C=C\C/C=C\C(O)CC(=O)NC(CO)C(O)/C=C/CC/C=C/CCCCCCCCCCCCCCCCCCC. The lowest BCUT2D eigenvalue weighted by Gasteiger charge is -2.20. The second-order valence-corrected chi connectivity index (χ2v) is 14.2. The summed E-state index contributed by atoms with van der Waals surface area (Å²) in [5.41, 5.74) is 0. The Labute approximate surface area is 304 Å². The van der Waals surface area contributed by atoms with Gasteiger partial charge in [-0.1, -0.05) is 197 Å². The maximum Gasteiger partial charge on any atom is 0.223 e. The standard InChI is InChI=1S/C44H81NO4/c1-3-5-7-9-11-13-15-16-17-18-19-20-21-22-23-24-25-26-28-30-32-34-36-38-43(48)42(40-46)45-44(49)39-41(47)37-35-33-31-29-27-14-12-10-8-6-4-2/h28-31,35-38,41-43,46-48H,3-27,32-34,39-40H2,1-2H3,(H,45,49)/b30-28+,31-29-,37-35-,38-36+. The van der Waals surface area contributed by atoms with Crippen molar-refractivity contribution in [3.05, 3.63) is 48.6 Å². The number of rotatable bonds is 37. The van der Waals surface area contributed by atoms with Gasteiger partial charge < -0.3 is 20.6 Å². The summed E-state index contributed by atoms with van der Waals surface area (Å²) in [5, 5.41) is 32.9. The van der Waals surface area contributed by atoms with Gasteiger partial charge in [-0.3, -0.25) is 4.79 Å². The predicted molar refractivity (Wildman–Crippen MR) is 213 cm³/mol. The molecule has 0 bridgehead atoms. The van der Waals surface area contributed by atoms with Crippen LogP contribution in [0.5, 0.6) is 0 Å². The first kappa shape index (κ1) is 47.3. The Balaban J connectivity index is 3.76. The molecule has 0 aromatic carbocycles. The van der Waals surface area contributed by atoms with Crippen LogP contribution in [-0.4, -0.2) is 46.1 Å². The summed E-state index contributed by atoms with van der Waals surface area (Å²) >= 11 is 0. The van der Waals surface area contributed by atoms with Crippen LogP contribution in [0, 0.1) is 0 Å². The number of aliphatic hydroxyl groups is 3. The van der Waals surface area contributed by atoms with Crippen LogP contribution in [0.1, 0.15) is 200 Å². The second-order valence-electron chi connectivity index (χ2n) is 14.2. The minimum absolute atomic E-state index is 0.102. The molecule has 1 amide bonds. The molecular weight excluding hydrogens is 606 g/mol. The van der Waals surface area contributed by atoms with E-state index in [-0.39, 0.29) is 13.0 Å². The minimum Gasteiger partial charge on any atom is -0.394 e. The molecule has 5 nitrogen and oxygen atoms in total. The van der Waals surface area contributed by atoms with Gasteiger partial charge in [-0.15, -0.1) is 0 Å². The largest absolute Gasteiger partial charge is 0.394 e. The van der Waals surface area contributed by atoms with E-state index < -0.39 is 24.2 Å². The second kappa shape index (κ2) is 39.1. The van der Waals surface area contributed by atoms with Crippen LogP contribution in [0.15, 0.2) is 48.6 Å². The molecule has 4 N–H and O–H groups in total. The first-order chi connectivity index (χ1) is 24.0. The number of unbranched alkanes of at least 4 members (excludes halogenated alkanes) is 24. The molecule has 0 heterocycles. The van der Waals surface area contributed by atoms with E-state index in [0.717, 1.165) is 32.1 Å². The van der Waals surface area contributed by atoms with Crippen LogP contribution in [-0.2, 0) is 4.79 Å². The zero-order chi connectivity index (χ0) is 35.9. The van der Waals surface area contributed by atoms with Crippen molar-refractivity contribution < 1.29 is 20.1 Å². The molecule has 0 fully saturated rings. The molecule has 0 rings (SSSR count). The fourth-order valence-electron chi connectivity index (χ4n) is 6.12. The van der Waals surface area contributed by atoms with Gasteiger partial charge in [-0.05, 0) is 44.9 Å². The maximum absolute atomic E-state index is 12.3. The van der Waals surface area contributed by atoms with E-state index in [9.17, 15) is 20.1 Å². The molecule has 5 heteroatoms. The van der Waals surface area contributed by atoms with E-state index in [1.165, 1.54) is 148 Å². The summed E-state index contributed by atoms with van der Waals surface area (Å²) in [6, 6.07) is -0.792. The molecule has 0 saturated heterocycles. The van der Waals surface area contributed by atoms with Crippen molar-refractivity contribution in [2.45, 2.75) is 218 Å². The summed E-state index contributed by atoms with van der Waals surface area (Å²) in [7, 11) is 0. The number of nitrogens with one attached hydrogen (secondary N) is 1. The smallest absolute Gasteiger partial charge is 0.223 e. The van der Waals surface area contributed by atoms with E-state index in [2.05, 4.69) is 43.5 Å². The quantitative estimate of drug-likeness (QED) is 0.0386. The van der Waals surface area contributed by atoms with E-state index in [1.54, 1.807) is 12.2 Å². The summed E-state index contributed by atoms with van der Waals surface area (Å²) in [4.78, 5) is 12.3. The highest BCUT2D eigenvalue weighted by atomic mass is 16.3. The van der Waals surface area contributed by atoms with Gasteiger partial charge in [0.15, 0.2) is 0 Å². The molecule has 0 aliphatic heterocycles. The molecule has 3 unspecified atom stereocenters. The number of amides is 1. The molecule has 286 valence electrons. The summed E-state index contributed by atoms with van der Waals surface area (Å²) in [6.45, 7) is 4.15. The van der Waals surface area contributed by atoms with Crippen LogP contribution in [0.4, 0.5) is 0 Å². The lowest BCUT2D eigenvalue weighted by molar-refractivity contribution is -0.124. The summed E-state index contributed by atoms with van der Waals surface area (Å²) in [6.07, 6.45) is 50.0. The fourth-order valence-corrected chi connectivity index (χ4v) is 6.12. The lowest BCUT2D eigenvalue weighted by atomic mass is 10.0. The van der Waals surface area contributed by atoms with Crippen LogP contribution in [0.25, 0.3) is 0 Å². The minimum atomic E-state index is -0.975. The first-order valence-corrected chi connectivity index (χ1v) is 20.9. The van der Waals surface area contributed by atoms with Gasteiger partial charge in [0.25, 0.3) is 0 Å². The van der Waals surface area contributed by atoms with Crippen LogP contribution < -0.4 is 5.32 Å². The van der Waals surface area contributed by atoms with E-state index in [1.807, 2.05) is 12.2 Å². The van der Waals surface area contributed by atoms with Crippen LogP contribution >= 0.6 is 0 Å². The zero-order valence-corrected chi connectivity index (χ0v) is 32.3. The van der Waals surface area contributed by atoms with Crippen molar-refractivity contribution in [1.29, 1.82) is 0 Å². The third-order valence-corrected chi connectivity index (χ3v) is 9.35. The highest BCUT2D eigenvalue weighted by Crippen LogP contribution is 2.15. The van der Waals surface area contributed by atoms with Gasteiger partial charge in [0, 0.05) is 0 Å². The Hall–Kier alpha value is -1.69. The summed E-state index contributed by atoms with van der Waals surface area (Å²) < 4.78 is 0. The fraction of sp³-hybridized carbons (Fsp3) is 0.795. The third kappa shape index (κ3) is 35.9. The van der Waals surface area contributed by atoms with E-state index >= 15 is 0 Å². The van der Waals surface area contributed by atoms with Crippen molar-refractivity contribution >= 4 is 5.91 Å². The predicted octanol–water partition coefficient (Wildman–Crippen LogP) is 11.8. The van der Waals surface area contributed by atoms with Crippen LogP contribution in [0.3, 0.4) is 0 Å². The molecule has 0 spiro atoms. The van der Waals surface area contributed by atoms with Crippen molar-refractivity contribution in [1.82, 2.24) is 5.32 Å². The monoisotopic (exact) mass is 688 g/mol. The van der Waals surface area contributed by atoms with Gasteiger partial charge in [0.05, 0.1) is 31.3 Å². The Morgan fingerprint density at radius 2 is 0.918 bits per heavy atom. The topological polar surface area (TPSA) is 89.8 Å². The number of carbonyl (C=O) groups excluding carboxylic acids is 1. The van der Waals surface area contributed by atoms with Crippen molar-refractivity contribution in [2.24, 2.45) is 0 Å². The molecule has 0 aromatic heterocycles. The Kier molecular flexibility index (Phi) is 37.8. The first-order valence-electron chi connectivity index (χ1n) is 20.9. The molecule has 0 saturated carbocycles. The Morgan fingerprint density at radius 3 is 1.39 bits per heavy atom. The van der Waals surface area contributed by atoms with Crippen LogP contribution in [0.2, 0.25) is 0 Å². The summed E-state index contributed by atoms with van der Waals surface area (Å²) in [5.74, 6) is -0.394. The van der Waals surface area contributed by atoms with Gasteiger partial charge >= 0.3 is 0 Å². The van der Waals surface area contributed by atoms with E-state index in [0.29, 0.717) is 0 Å². The number of aliphatic hydroxyl groups excluding tert-OH is 3. The number of carbonyl (C=O) groups is 1. The van der Waals surface area contributed by atoms with E-state index in [4.69, 9.17) is 0 Å². The van der Waals surface area contributed by atoms with Gasteiger partial charge in [0.2, 0.25) is 5.91 Å². The highest BCUT2D eigenvalue weighted by molar-refractivity contribution is 5.77. The number of hydrogen-bond acceptors (Lipinski definition) is 4. The molecule has 49 heavy (non-hydrogen) atoms. The molecular formula is C44H81NO4. The lowest BCUT2D eigenvalue weighted by Crippen LogP contribution is -2.45. The molecule has 0 radical (unpaired) electrons. The number of allylic oxidation sites excluding steroid dienone is 6. The molecule has 3 atom stereocenters. The molecule has 0 aromatic rings. The molecule has 0 aliphatic carbocycles. The van der Waals surface area contributed by atoms with Crippen molar-refractivity contribution in [3.8, 4) is 0 Å². The molecule has 0 aliphatic rings. The normalized spacial score (nSPS) is 14.1. The van der Waals surface area contributed by atoms with Gasteiger partial charge in [-0.25, -0.2) is 0 Å². The van der Waals surface area contributed by atoms with Crippen molar-refractivity contribution in [3.63, 3.8) is 0 Å². The van der Waals surface area contributed by atoms with Crippen molar-refractivity contribution in [2.75, 3.05) is 6.61 Å². The average molecular weight is 688 g/mol. The Morgan fingerprint density at radius 1 is 0.510 bits per heavy atom. The zero-order valence-electron chi connectivity index (χ0n) is 32.3. The Bertz CT molecular complexity index is 805.